The van der Waals surface area contributed by atoms with E-state index in [1.807, 2.05) is 13.8 Å². The van der Waals surface area contributed by atoms with Crippen molar-refractivity contribution in [3.63, 3.8) is 0 Å². The molecule has 2 heterocycles. The van der Waals surface area contributed by atoms with Gasteiger partial charge in [-0.25, -0.2) is 9.97 Å². The van der Waals surface area contributed by atoms with Crippen LogP contribution >= 0.6 is 11.6 Å². The van der Waals surface area contributed by atoms with Gasteiger partial charge in [-0.3, -0.25) is 4.90 Å². The summed E-state index contributed by atoms with van der Waals surface area (Å²) in [6.07, 6.45) is 1.60. The number of halogens is 1. The summed E-state index contributed by atoms with van der Waals surface area (Å²) in [5.41, 5.74) is 0.380. The predicted octanol–water partition coefficient (Wildman–Crippen LogP) is 1.79. The summed E-state index contributed by atoms with van der Waals surface area (Å²) in [5, 5.41) is 10.4. The second kappa shape index (κ2) is 4.88. The molecular formula is C12H18ClN3O. The highest BCUT2D eigenvalue weighted by atomic mass is 35.5. The Balaban J connectivity index is 1.97. The molecule has 94 valence electrons. The summed E-state index contributed by atoms with van der Waals surface area (Å²) < 4.78 is 0. The van der Waals surface area contributed by atoms with Gasteiger partial charge in [0, 0.05) is 18.8 Å². The molecule has 0 unspecified atom stereocenters. The zero-order valence-corrected chi connectivity index (χ0v) is 11.0. The van der Waals surface area contributed by atoms with Gasteiger partial charge in [0.1, 0.15) is 11.0 Å². The maximum absolute atomic E-state index is 9.87. The largest absolute Gasteiger partial charge is 0.390 e. The van der Waals surface area contributed by atoms with Crippen molar-refractivity contribution in [2.75, 3.05) is 13.1 Å². The number of aromatic nitrogens is 2. The van der Waals surface area contributed by atoms with Crippen LogP contribution in [0.4, 0.5) is 0 Å². The third-order valence-electron chi connectivity index (χ3n) is 3.17. The van der Waals surface area contributed by atoms with Crippen LogP contribution in [0, 0.1) is 6.92 Å². The van der Waals surface area contributed by atoms with Gasteiger partial charge in [0.05, 0.1) is 12.1 Å². The van der Waals surface area contributed by atoms with Crippen LogP contribution in [0.5, 0.6) is 0 Å². The average Bonchev–Trinajstić information content (AvgIpc) is 2.20. The topological polar surface area (TPSA) is 49.2 Å². The molecule has 2 rings (SSSR count). The van der Waals surface area contributed by atoms with Crippen molar-refractivity contribution in [2.45, 2.75) is 38.8 Å². The smallest absolute Gasteiger partial charge is 0.144 e. The van der Waals surface area contributed by atoms with Crippen LogP contribution < -0.4 is 0 Å². The molecule has 1 fully saturated rings. The number of aliphatic hydroxyl groups is 1. The zero-order valence-electron chi connectivity index (χ0n) is 10.3. The van der Waals surface area contributed by atoms with Gasteiger partial charge in [0.25, 0.3) is 0 Å². The van der Waals surface area contributed by atoms with Crippen LogP contribution in [0.2, 0.25) is 5.15 Å². The molecule has 0 amide bonds. The first-order valence-electron chi connectivity index (χ1n) is 5.89. The van der Waals surface area contributed by atoms with E-state index in [0.29, 0.717) is 11.7 Å². The highest BCUT2D eigenvalue weighted by molar-refractivity contribution is 6.29. The highest BCUT2D eigenvalue weighted by Gasteiger charge is 2.27. The lowest BCUT2D eigenvalue weighted by Crippen LogP contribution is -2.42. The Labute approximate surface area is 107 Å². The minimum atomic E-state index is -0.512. The van der Waals surface area contributed by atoms with E-state index in [-0.39, 0.29) is 0 Å². The van der Waals surface area contributed by atoms with E-state index < -0.39 is 5.60 Å². The Kier molecular flexibility index (Phi) is 3.66. The lowest BCUT2D eigenvalue weighted by atomic mass is 9.94. The van der Waals surface area contributed by atoms with Crippen LogP contribution in [0.15, 0.2) is 6.07 Å². The molecule has 0 saturated carbocycles. The molecule has 1 N–H and O–H groups in total. The Hall–Kier alpha value is -0.710. The molecule has 1 aliphatic heterocycles. The van der Waals surface area contributed by atoms with Crippen molar-refractivity contribution in [3.8, 4) is 0 Å². The quantitative estimate of drug-likeness (QED) is 0.819. The molecule has 0 aliphatic carbocycles. The molecular weight excluding hydrogens is 238 g/mol. The fourth-order valence-corrected chi connectivity index (χ4v) is 2.31. The van der Waals surface area contributed by atoms with Crippen molar-refractivity contribution in [3.05, 3.63) is 22.7 Å². The second-order valence-electron chi connectivity index (χ2n) is 5.02. The number of piperidine rings is 1. The summed E-state index contributed by atoms with van der Waals surface area (Å²) in [4.78, 5) is 10.8. The third-order valence-corrected chi connectivity index (χ3v) is 3.36. The molecule has 1 aromatic heterocycles. The number of hydrogen-bond acceptors (Lipinski definition) is 4. The lowest BCUT2D eigenvalue weighted by Gasteiger charge is -2.35. The van der Waals surface area contributed by atoms with E-state index in [9.17, 15) is 5.11 Å². The normalized spacial score (nSPS) is 20.5. The van der Waals surface area contributed by atoms with Crippen LogP contribution in [-0.4, -0.2) is 38.7 Å². The van der Waals surface area contributed by atoms with Gasteiger partial charge in [-0.1, -0.05) is 11.6 Å². The maximum atomic E-state index is 9.87. The highest BCUT2D eigenvalue weighted by Crippen LogP contribution is 2.22. The predicted molar refractivity (Wildman–Crippen MR) is 66.9 cm³/mol. The Morgan fingerprint density at radius 3 is 2.65 bits per heavy atom. The second-order valence-corrected chi connectivity index (χ2v) is 5.41. The van der Waals surface area contributed by atoms with E-state index in [1.54, 1.807) is 6.07 Å². The van der Waals surface area contributed by atoms with Crippen LogP contribution in [0.1, 0.15) is 31.3 Å². The molecule has 1 saturated heterocycles. The van der Waals surface area contributed by atoms with E-state index >= 15 is 0 Å². The summed E-state index contributed by atoms with van der Waals surface area (Å²) in [6.45, 7) is 6.27. The Bertz CT molecular complexity index is 378. The summed E-state index contributed by atoms with van der Waals surface area (Å²) in [5.74, 6) is 0.761. The molecule has 1 aliphatic rings. The summed E-state index contributed by atoms with van der Waals surface area (Å²) in [6, 6.07) is 1.76. The Morgan fingerprint density at radius 1 is 1.41 bits per heavy atom. The van der Waals surface area contributed by atoms with Gasteiger partial charge in [0.2, 0.25) is 0 Å². The molecule has 0 spiro atoms. The van der Waals surface area contributed by atoms with Crippen LogP contribution in [0.25, 0.3) is 0 Å². The fraction of sp³-hybridized carbons (Fsp3) is 0.667. The number of nitrogens with zero attached hydrogens (tertiary/aromatic N) is 3. The van der Waals surface area contributed by atoms with E-state index in [2.05, 4.69) is 14.9 Å². The van der Waals surface area contributed by atoms with Crippen molar-refractivity contribution < 1.29 is 5.11 Å². The van der Waals surface area contributed by atoms with Gasteiger partial charge in [-0.05, 0) is 32.8 Å². The molecule has 17 heavy (non-hydrogen) atoms. The van der Waals surface area contributed by atoms with Gasteiger partial charge in [-0.15, -0.1) is 0 Å². The zero-order chi connectivity index (χ0) is 12.5. The molecule has 0 atom stereocenters. The van der Waals surface area contributed by atoms with Crippen molar-refractivity contribution in [1.29, 1.82) is 0 Å². The summed E-state index contributed by atoms with van der Waals surface area (Å²) in [7, 11) is 0. The molecule has 4 nitrogen and oxygen atoms in total. The van der Waals surface area contributed by atoms with Crippen molar-refractivity contribution in [2.24, 2.45) is 0 Å². The van der Waals surface area contributed by atoms with Gasteiger partial charge >= 0.3 is 0 Å². The van der Waals surface area contributed by atoms with Gasteiger partial charge < -0.3 is 5.11 Å². The fourth-order valence-electron chi connectivity index (χ4n) is 2.05. The Morgan fingerprint density at radius 2 is 2.06 bits per heavy atom. The van der Waals surface area contributed by atoms with E-state index in [0.717, 1.165) is 37.4 Å². The van der Waals surface area contributed by atoms with Crippen molar-refractivity contribution >= 4 is 11.6 Å². The number of aryl methyl sites for hydroxylation is 1. The van der Waals surface area contributed by atoms with Gasteiger partial charge in [-0.2, -0.15) is 0 Å². The van der Waals surface area contributed by atoms with E-state index in [1.165, 1.54) is 0 Å². The van der Waals surface area contributed by atoms with Crippen LogP contribution in [0.3, 0.4) is 0 Å². The molecule has 1 aromatic rings. The van der Waals surface area contributed by atoms with E-state index in [4.69, 9.17) is 11.6 Å². The molecule has 5 heteroatoms. The standard InChI is InChI=1S/C12H18ClN3O/c1-9-7-10(13)15-11(14-9)8-16-5-3-12(2,17)4-6-16/h7,17H,3-6,8H2,1-2H3. The van der Waals surface area contributed by atoms with Crippen LogP contribution in [-0.2, 0) is 6.54 Å². The number of hydrogen-bond donors (Lipinski definition) is 1. The lowest BCUT2D eigenvalue weighted by molar-refractivity contribution is -0.00789. The molecule has 0 radical (unpaired) electrons. The first-order valence-corrected chi connectivity index (χ1v) is 6.27. The summed E-state index contributed by atoms with van der Waals surface area (Å²) >= 11 is 5.90. The maximum Gasteiger partial charge on any atom is 0.144 e. The monoisotopic (exact) mass is 255 g/mol. The average molecular weight is 256 g/mol. The first kappa shape index (κ1) is 12.7. The third kappa shape index (κ3) is 3.63. The number of rotatable bonds is 2. The van der Waals surface area contributed by atoms with Gasteiger partial charge in [0.15, 0.2) is 0 Å². The molecule has 0 bridgehead atoms. The minimum Gasteiger partial charge on any atom is -0.390 e. The SMILES string of the molecule is Cc1cc(Cl)nc(CN2CCC(C)(O)CC2)n1. The number of likely N-dealkylation sites (tertiary alicyclic amines) is 1. The first-order chi connectivity index (χ1) is 7.94. The molecule has 0 aromatic carbocycles. The van der Waals surface area contributed by atoms with Crippen molar-refractivity contribution in [1.82, 2.24) is 14.9 Å². The minimum absolute atomic E-state index is 0.497.